The number of carbonyl (C=O) groups is 2. The Kier molecular flexibility index (Phi) is 3.88. The molecule has 5 rings (SSSR count). The molecule has 4 heterocycles. The highest BCUT2D eigenvalue weighted by atomic mass is 32.1. The maximum atomic E-state index is 13.1. The predicted octanol–water partition coefficient (Wildman–Crippen LogP) is 3.57. The van der Waals surface area contributed by atoms with E-state index in [0.29, 0.717) is 22.8 Å². The molecule has 28 heavy (non-hydrogen) atoms. The topological polar surface area (TPSA) is 80.8 Å². The molecule has 0 spiro atoms. The number of hydrogen-bond donors (Lipinski definition) is 1. The van der Waals surface area contributed by atoms with Crippen LogP contribution in [0.2, 0.25) is 0 Å². The number of ether oxygens (including phenoxy) is 2. The SMILES string of the molecule is C[C@]1(c2ccc3c(c2)OCO3)NC(=O)N(Cc2csc(-c3ccsc3)n2)C1=O. The molecule has 1 atom stereocenters. The fourth-order valence-corrected chi connectivity index (χ4v) is 4.83. The molecule has 7 nitrogen and oxygen atoms in total. The van der Waals surface area contributed by atoms with Gasteiger partial charge in [-0.05, 0) is 36.1 Å². The van der Waals surface area contributed by atoms with Crippen LogP contribution in [0.1, 0.15) is 18.2 Å². The highest BCUT2D eigenvalue weighted by molar-refractivity contribution is 7.14. The van der Waals surface area contributed by atoms with Crippen LogP contribution in [0.3, 0.4) is 0 Å². The van der Waals surface area contributed by atoms with Gasteiger partial charge < -0.3 is 14.8 Å². The highest BCUT2D eigenvalue weighted by Crippen LogP contribution is 2.38. The van der Waals surface area contributed by atoms with Crippen molar-refractivity contribution in [2.45, 2.75) is 19.0 Å². The van der Waals surface area contributed by atoms with E-state index >= 15 is 0 Å². The first-order valence-electron chi connectivity index (χ1n) is 8.56. The minimum absolute atomic E-state index is 0.130. The van der Waals surface area contributed by atoms with E-state index in [2.05, 4.69) is 10.3 Å². The summed E-state index contributed by atoms with van der Waals surface area (Å²) < 4.78 is 10.7. The molecule has 9 heteroatoms. The van der Waals surface area contributed by atoms with Crippen molar-refractivity contribution in [2.24, 2.45) is 0 Å². The van der Waals surface area contributed by atoms with E-state index < -0.39 is 11.6 Å². The molecule has 1 aromatic carbocycles. The van der Waals surface area contributed by atoms with Crippen molar-refractivity contribution < 1.29 is 19.1 Å². The first-order valence-corrected chi connectivity index (χ1v) is 10.4. The Morgan fingerprint density at radius 1 is 1.21 bits per heavy atom. The fraction of sp³-hybridized carbons (Fsp3) is 0.211. The van der Waals surface area contributed by atoms with Crippen LogP contribution in [0.25, 0.3) is 10.6 Å². The molecular weight excluding hydrogens is 398 g/mol. The number of rotatable bonds is 4. The summed E-state index contributed by atoms with van der Waals surface area (Å²) >= 11 is 3.10. The van der Waals surface area contributed by atoms with Crippen LogP contribution in [0.15, 0.2) is 40.4 Å². The molecule has 2 aromatic heterocycles. The van der Waals surface area contributed by atoms with E-state index in [0.717, 1.165) is 10.6 Å². The van der Waals surface area contributed by atoms with Gasteiger partial charge in [-0.1, -0.05) is 6.07 Å². The zero-order valence-electron chi connectivity index (χ0n) is 14.8. The van der Waals surface area contributed by atoms with Crippen LogP contribution in [0.5, 0.6) is 11.5 Å². The number of aromatic nitrogens is 1. The Bertz CT molecular complexity index is 1080. The third-order valence-electron chi connectivity index (χ3n) is 4.86. The lowest BCUT2D eigenvalue weighted by Crippen LogP contribution is -2.40. The van der Waals surface area contributed by atoms with Crippen molar-refractivity contribution in [3.63, 3.8) is 0 Å². The molecular formula is C19H15N3O4S2. The lowest BCUT2D eigenvalue weighted by atomic mass is 9.91. The van der Waals surface area contributed by atoms with Crippen LogP contribution >= 0.6 is 22.7 Å². The number of nitrogens with one attached hydrogen (secondary N) is 1. The van der Waals surface area contributed by atoms with Crippen LogP contribution in [0, 0.1) is 0 Å². The third kappa shape index (κ3) is 2.66. The Morgan fingerprint density at radius 3 is 2.89 bits per heavy atom. The number of imide groups is 1. The third-order valence-corrected chi connectivity index (χ3v) is 6.49. The fourth-order valence-electron chi connectivity index (χ4n) is 3.30. The lowest BCUT2D eigenvalue weighted by molar-refractivity contribution is -0.131. The maximum Gasteiger partial charge on any atom is 0.325 e. The van der Waals surface area contributed by atoms with Crippen molar-refractivity contribution >= 4 is 34.6 Å². The second kappa shape index (κ2) is 6.32. The van der Waals surface area contributed by atoms with Gasteiger partial charge >= 0.3 is 6.03 Å². The number of carbonyl (C=O) groups excluding carboxylic acids is 2. The zero-order valence-corrected chi connectivity index (χ0v) is 16.4. The van der Waals surface area contributed by atoms with Crippen LogP contribution in [-0.2, 0) is 16.9 Å². The summed E-state index contributed by atoms with van der Waals surface area (Å²) in [7, 11) is 0. The van der Waals surface area contributed by atoms with E-state index in [1.165, 1.54) is 16.2 Å². The van der Waals surface area contributed by atoms with Crippen LogP contribution in [0.4, 0.5) is 4.79 Å². The van der Waals surface area contributed by atoms with Crippen LogP contribution < -0.4 is 14.8 Å². The van der Waals surface area contributed by atoms with Crippen LogP contribution in [-0.4, -0.2) is 28.6 Å². The van der Waals surface area contributed by atoms with Gasteiger partial charge in [0.25, 0.3) is 5.91 Å². The summed E-state index contributed by atoms with van der Waals surface area (Å²) in [6.07, 6.45) is 0. The summed E-state index contributed by atoms with van der Waals surface area (Å²) in [4.78, 5) is 31.5. The number of thiophene rings is 1. The Hall–Kier alpha value is -2.91. The molecule has 0 unspecified atom stereocenters. The van der Waals surface area contributed by atoms with E-state index in [1.807, 2.05) is 22.2 Å². The van der Waals surface area contributed by atoms with Gasteiger partial charge in [-0.25, -0.2) is 9.78 Å². The number of hydrogen-bond acceptors (Lipinski definition) is 7. The minimum Gasteiger partial charge on any atom is -0.454 e. The molecule has 0 aliphatic carbocycles. The second-order valence-corrected chi connectivity index (χ2v) is 8.31. The molecule has 3 aromatic rings. The second-order valence-electron chi connectivity index (χ2n) is 6.67. The molecule has 0 radical (unpaired) electrons. The number of thiazole rings is 1. The lowest BCUT2D eigenvalue weighted by Gasteiger charge is -2.22. The molecule has 2 aliphatic rings. The number of benzene rings is 1. The first kappa shape index (κ1) is 17.2. The Morgan fingerprint density at radius 2 is 2.07 bits per heavy atom. The number of amides is 3. The van der Waals surface area contributed by atoms with Gasteiger partial charge in [0.15, 0.2) is 11.5 Å². The normalized spacial score (nSPS) is 20.7. The molecule has 2 aliphatic heterocycles. The van der Waals surface area contributed by atoms with E-state index in [4.69, 9.17) is 9.47 Å². The van der Waals surface area contributed by atoms with Gasteiger partial charge in [0.05, 0.1) is 12.2 Å². The van der Waals surface area contributed by atoms with E-state index in [1.54, 1.807) is 36.5 Å². The standard InChI is InChI=1S/C19H15N3O4S2/c1-19(12-2-3-14-15(6-12)26-10-25-14)17(23)22(18(24)21-19)7-13-9-28-16(20-13)11-4-5-27-8-11/h2-6,8-9H,7,10H2,1H3,(H,21,24)/t19-/m1/s1. The highest BCUT2D eigenvalue weighted by Gasteiger charge is 2.49. The van der Waals surface area contributed by atoms with Gasteiger partial charge in [-0.3, -0.25) is 9.69 Å². The average Bonchev–Trinajstić information content (AvgIpc) is 3.47. The Labute approximate surface area is 168 Å². The van der Waals surface area contributed by atoms with Crippen molar-refractivity contribution in [1.29, 1.82) is 0 Å². The van der Waals surface area contributed by atoms with E-state index in [-0.39, 0.29) is 19.2 Å². The van der Waals surface area contributed by atoms with Gasteiger partial charge in [0.2, 0.25) is 6.79 Å². The molecule has 1 fully saturated rings. The maximum absolute atomic E-state index is 13.1. The van der Waals surface area contributed by atoms with Crippen molar-refractivity contribution in [3.8, 4) is 22.1 Å². The van der Waals surface area contributed by atoms with Gasteiger partial charge in [-0.2, -0.15) is 11.3 Å². The van der Waals surface area contributed by atoms with Crippen molar-refractivity contribution in [1.82, 2.24) is 15.2 Å². The van der Waals surface area contributed by atoms with Gasteiger partial charge in [0.1, 0.15) is 10.5 Å². The minimum atomic E-state index is -1.16. The predicted molar refractivity (Wildman–Crippen MR) is 104 cm³/mol. The van der Waals surface area contributed by atoms with Gasteiger partial charge in [0, 0.05) is 16.3 Å². The number of fused-ring (bicyclic) bond motifs is 1. The summed E-state index contributed by atoms with van der Waals surface area (Å²) in [5.41, 5.74) is 1.22. The summed E-state index contributed by atoms with van der Waals surface area (Å²) in [5.74, 6) is 0.880. The molecule has 1 N–H and O–H groups in total. The molecule has 142 valence electrons. The van der Waals surface area contributed by atoms with Crippen molar-refractivity contribution in [3.05, 3.63) is 51.7 Å². The molecule has 1 saturated heterocycles. The smallest absolute Gasteiger partial charge is 0.325 e. The first-order chi connectivity index (χ1) is 13.5. The monoisotopic (exact) mass is 413 g/mol. The summed E-state index contributed by atoms with van der Waals surface area (Å²) in [6.45, 7) is 1.98. The van der Waals surface area contributed by atoms with Gasteiger partial charge in [-0.15, -0.1) is 11.3 Å². The summed E-state index contributed by atoms with van der Waals surface area (Å²) in [5, 5.41) is 9.58. The molecule has 3 amide bonds. The quantitative estimate of drug-likeness (QED) is 0.662. The van der Waals surface area contributed by atoms with Crippen molar-refractivity contribution in [2.75, 3.05) is 6.79 Å². The van der Waals surface area contributed by atoms with E-state index in [9.17, 15) is 9.59 Å². The largest absolute Gasteiger partial charge is 0.454 e. The number of urea groups is 1. The Balaban J connectivity index is 1.40. The zero-order chi connectivity index (χ0) is 19.3. The molecule has 0 bridgehead atoms. The number of nitrogens with zero attached hydrogens (tertiary/aromatic N) is 2. The average molecular weight is 413 g/mol. The summed E-state index contributed by atoms with van der Waals surface area (Å²) in [6, 6.07) is 6.82. The molecule has 0 saturated carbocycles.